The van der Waals surface area contributed by atoms with Gasteiger partial charge >= 0.3 is 0 Å². The van der Waals surface area contributed by atoms with E-state index in [0.717, 1.165) is 56.9 Å². The van der Waals surface area contributed by atoms with Crippen LogP contribution in [0.25, 0.3) is 0 Å². The number of rotatable bonds is 7. The Morgan fingerprint density at radius 1 is 1.15 bits per heavy atom. The van der Waals surface area contributed by atoms with Gasteiger partial charge in [-0.05, 0) is 73.3 Å². The third-order valence-corrected chi connectivity index (χ3v) is 8.89. The predicted octanol–water partition coefficient (Wildman–Crippen LogP) is 4.19. The standard InChI is InChI=1S/C31H40N4O4/c1-19-27-24(17-31(2,3)18-26(27)36)32-28(19)29(37)33-23(8-6-20-4-5-20)30(38)35-11-10-21-16-22(7-9-25(21)35)34-12-14-39-15-13-34/h7,9,16,20,23,32H,4-6,8,10-15,17-18H2,1-3H3,(H,33,37). The van der Waals surface area contributed by atoms with Crippen LogP contribution in [0.2, 0.25) is 0 Å². The van der Waals surface area contributed by atoms with Gasteiger partial charge in [0.1, 0.15) is 11.7 Å². The number of morpholine rings is 1. The fourth-order valence-corrected chi connectivity index (χ4v) is 6.58. The van der Waals surface area contributed by atoms with Gasteiger partial charge in [0.25, 0.3) is 5.91 Å². The summed E-state index contributed by atoms with van der Waals surface area (Å²) in [4.78, 5) is 47.8. The number of ketones is 1. The highest BCUT2D eigenvalue weighted by molar-refractivity contribution is 6.06. The van der Waals surface area contributed by atoms with Crippen LogP contribution in [0, 0.1) is 18.3 Å². The number of fused-ring (bicyclic) bond motifs is 2. The normalized spacial score (nSPS) is 20.9. The summed E-state index contributed by atoms with van der Waals surface area (Å²) in [6.45, 7) is 9.84. The first-order valence-electron chi connectivity index (χ1n) is 14.5. The third-order valence-electron chi connectivity index (χ3n) is 8.89. The van der Waals surface area contributed by atoms with Gasteiger partial charge < -0.3 is 24.8 Å². The van der Waals surface area contributed by atoms with Gasteiger partial charge in [-0.3, -0.25) is 14.4 Å². The number of nitrogens with one attached hydrogen (secondary N) is 2. The number of aromatic amines is 1. The van der Waals surface area contributed by atoms with E-state index in [1.807, 2.05) is 11.8 Å². The number of amides is 2. The van der Waals surface area contributed by atoms with Crippen LogP contribution in [0.1, 0.15) is 83.6 Å². The molecule has 1 saturated heterocycles. The maximum Gasteiger partial charge on any atom is 0.268 e. The van der Waals surface area contributed by atoms with Crippen LogP contribution in [0.3, 0.4) is 0 Å². The lowest BCUT2D eigenvalue weighted by molar-refractivity contribution is -0.120. The molecule has 1 aromatic heterocycles. The maximum atomic E-state index is 13.9. The molecule has 4 aliphatic rings. The number of ether oxygens (including phenoxy) is 1. The SMILES string of the molecule is Cc1c(C(=O)NC(CCC2CC2)C(=O)N2CCc3cc(N4CCOCC4)ccc32)[nH]c2c1C(=O)CC(C)(C)C2. The number of hydrogen-bond donors (Lipinski definition) is 2. The molecule has 2 aromatic rings. The van der Waals surface area contributed by atoms with Crippen molar-refractivity contribution in [2.45, 2.75) is 71.8 Å². The lowest BCUT2D eigenvalue weighted by Crippen LogP contribution is -2.48. The van der Waals surface area contributed by atoms with Crippen LogP contribution in [0.15, 0.2) is 18.2 Å². The zero-order valence-electron chi connectivity index (χ0n) is 23.4. The first-order chi connectivity index (χ1) is 18.7. The van der Waals surface area contributed by atoms with Crippen molar-refractivity contribution in [3.05, 3.63) is 46.3 Å². The van der Waals surface area contributed by atoms with Gasteiger partial charge in [-0.2, -0.15) is 0 Å². The number of anilines is 2. The molecule has 2 aliphatic heterocycles. The van der Waals surface area contributed by atoms with Crippen molar-refractivity contribution in [1.29, 1.82) is 0 Å². The molecular formula is C31H40N4O4. The Hall–Kier alpha value is -3.13. The molecule has 8 nitrogen and oxygen atoms in total. The van der Waals surface area contributed by atoms with Gasteiger partial charge in [0.2, 0.25) is 5.91 Å². The topological polar surface area (TPSA) is 94.7 Å². The number of hydrogen-bond acceptors (Lipinski definition) is 5. The summed E-state index contributed by atoms with van der Waals surface area (Å²) < 4.78 is 5.49. The highest BCUT2D eigenvalue weighted by Gasteiger charge is 2.37. The van der Waals surface area contributed by atoms with E-state index >= 15 is 0 Å². The monoisotopic (exact) mass is 532 g/mol. The Kier molecular flexibility index (Phi) is 6.78. The van der Waals surface area contributed by atoms with E-state index in [1.54, 1.807) is 0 Å². The van der Waals surface area contributed by atoms with Crippen LogP contribution in [0.4, 0.5) is 11.4 Å². The molecule has 1 atom stereocenters. The number of aromatic nitrogens is 1. The van der Waals surface area contributed by atoms with Crippen LogP contribution in [-0.2, 0) is 22.4 Å². The molecule has 2 aliphatic carbocycles. The molecule has 8 heteroatoms. The second-order valence-corrected chi connectivity index (χ2v) is 12.6. The molecule has 2 amide bonds. The first-order valence-corrected chi connectivity index (χ1v) is 14.5. The van der Waals surface area contributed by atoms with Crippen LogP contribution in [0.5, 0.6) is 0 Å². The number of carbonyl (C=O) groups is 3. The Labute approximate surface area is 230 Å². The van der Waals surface area contributed by atoms with E-state index in [-0.39, 0.29) is 23.0 Å². The Balaban J connectivity index is 1.21. The quantitative estimate of drug-likeness (QED) is 0.558. The van der Waals surface area contributed by atoms with E-state index in [1.165, 1.54) is 24.1 Å². The second kappa shape index (κ2) is 10.1. The van der Waals surface area contributed by atoms with Crippen LogP contribution in [-0.4, -0.2) is 61.5 Å². The Bertz CT molecular complexity index is 1300. The maximum absolute atomic E-state index is 13.9. The highest BCUT2D eigenvalue weighted by atomic mass is 16.5. The molecule has 208 valence electrons. The van der Waals surface area contributed by atoms with E-state index < -0.39 is 6.04 Å². The number of Topliss-reactive ketones (excluding diaryl/α,β-unsaturated/α-hetero) is 1. The Morgan fingerprint density at radius 2 is 1.92 bits per heavy atom. The van der Waals surface area contributed by atoms with Gasteiger partial charge in [-0.1, -0.05) is 26.7 Å². The molecule has 6 rings (SSSR count). The molecule has 0 bridgehead atoms. The van der Waals surface area contributed by atoms with Gasteiger partial charge in [0, 0.05) is 48.7 Å². The molecule has 1 unspecified atom stereocenters. The van der Waals surface area contributed by atoms with Crippen molar-refractivity contribution in [3.63, 3.8) is 0 Å². The van der Waals surface area contributed by atoms with Crippen molar-refractivity contribution < 1.29 is 19.1 Å². The molecule has 0 spiro atoms. The molecule has 1 saturated carbocycles. The molecular weight excluding hydrogens is 492 g/mol. The van der Waals surface area contributed by atoms with Crippen molar-refractivity contribution >= 4 is 29.0 Å². The highest BCUT2D eigenvalue weighted by Crippen LogP contribution is 2.38. The second-order valence-electron chi connectivity index (χ2n) is 12.6. The van der Waals surface area contributed by atoms with Crippen LogP contribution >= 0.6 is 0 Å². The van der Waals surface area contributed by atoms with Crippen molar-refractivity contribution in [2.75, 3.05) is 42.6 Å². The lowest BCUT2D eigenvalue weighted by Gasteiger charge is -2.29. The third kappa shape index (κ3) is 5.23. The fourth-order valence-electron chi connectivity index (χ4n) is 6.58. The number of benzene rings is 1. The minimum absolute atomic E-state index is 0.0481. The largest absolute Gasteiger partial charge is 0.378 e. The van der Waals surface area contributed by atoms with Gasteiger partial charge in [0.15, 0.2) is 5.78 Å². The number of H-pyrrole nitrogens is 1. The molecule has 0 radical (unpaired) electrons. The summed E-state index contributed by atoms with van der Waals surface area (Å²) in [5, 5.41) is 3.08. The predicted molar refractivity (Wildman–Crippen MR) is 151 cm³/mol. The fraction of sp³-hybridized carbons (Fsp3) is 0.581. The van der Waals surface area contributed by atoms with Crippen molar-refractivity contribution in [1.82, 2.24) is 10.3 Å². The minimum atomic E-state index is -0.602. The molecule has 2 fully saturated rings. The summed E-state index contributed by atoms with van der Waals surface area (Å²) in [6.07, 6.45) is 5.97. The van der Waals surface area contributed by atoms with E-state index in [2.05, 4.69) is 47.2 Å². The zero-order valence-corrected chi connectivity index (χ0v) is 23.4. The van der Waals surface area contributed by atoms with Crippen LogP contribution < -0.4 is 15.1 Å². The number of carbonyl (C=O) groups excluding carboxylic acids is 3. The van der Waals surface area contributed by atoms with E-state index in [4.69, 9.17) is 4.74 Å². The molecule has 3 heterocycles. The first kappa shape index (κ1) is 26.1. The molecule has 1 aromatic carbocycles. The van der Waals surface area contributed by atoms with E-state index in [9.17, 15) is 14.4 Å². The summed E-state index contributed by atoms with van der Waals surface area (Å²) in [6, 6.07) is 5.76. The van der Waals surface area contributed by atoms with Crippen molar-refractivity contribution in [2.24, 2.45) is 11.3 Å². The average Bonchev–Trinajstić information content (AvgIpc) is 3.55. The summed E-state index contributed by atoms with van der Waals surface area (Å²) in [7, 11) is 0. The summed E-state index contributed by atoms with van der Waals surface area (Å²) >= 11 is 0. The van der Waals surface area contributed by atoms with Gasteiger partial charge in [-0.25, -0.2) is 0 Å². The average molecular weight is 533 g/mol. The van der Waals surface area contributed by atoms with Gasteiger partial charge in [0.05, 0.1) is 13.2 Å². The molecule has 2 N–H and O–H groups in total. The zero-order chi connectivity index (χ0) is 27.3. The Morgan fingerprint density at radius 3 is 2.67 bits per heavy atom. The molecule has 39 heavy (non-hydrogen) atoms. The lowest BCUT2D eigenvalue weighted by atomic mass is 9.75. The summed E-state index contributed by atoms with van der Waals surface area (Å²) in [5.74, 6) is 0.385. The summed E-state index contributed by atoms with van der Waals surface area (Å²) in [5.41, 5.74) is 5.76. The van der Waals surface area contributed by atoms with Gasteiger partial charge in [-0.15, -0.1) is 0 Å². The smallest absolute Gasteiger partial charge is 0.268 e. The minimum Gasteiger partial charge on any atom is -0.378 e. The van der Waals surface area contributed by atoms with Crippen molar-refractivity contribution in [3.8, 4) is 0 Å². The van der Waals surface area contributed by atoms with E-state index in [0.29, 0.717) is 42.1 Å². The number of nitrogens with zero attached hydrogens (tertiary/aromatic N) is 2.